The summed E-state index contributed by atoms with van der Waals surface area (Å²) in [7, 11) is 1.17. The quantitative estimate of drug-likeness (QED) is 0.0979. The highest BCUT2D eigenvalue weighted by atomic mass is 127. The van der Waals surface area contributed by atoms with Crippen molar-refractivity contribution in [2.45, 2.75) is 23.7 Å². The van der Waals surface area contributed by atoms with Crippen molar-refractivity contribution in [3.63, 3.8) is 0 Å². The Kier molecular flexibility index (Phi) is 7.13. The molecule has 0 amide bonds. The minimum absolute atomic E-state index is 0.00256. The third kappa shape index (κ3) is 5.24. The molecule has 10 heteroatoms. The number of nitrogens with zero attached hydrogens (tertiary/aromatic N) is 1. The van der Waals surface area contributed by atoms with Crippen LogP contribution in [0.15, 0.2) is 18.2 Å². The summed E-state index contributed by atoms with van der Waals surface area (Å²) >= 11 is 3.43. The van der Waals surface area contributed by atoms with E-state index < -0.39 is 26.2 Å². The van der Waals surface area contributed by atoms with Crippen molar-refractivity contribution in [2.75, 3.05) is 7.11 Å². The van der Waals surface area contributed by atoms with E-state index in [0.717, 1.165) is 6.07 Å². The Bertz CT molecular complexity index is 635. The average molecular weight is 549 g/mol. The highest BCUT2D eigenvalue weighted by Crippen LogP contribution is 2.33. The Morgan fingerprint density at radius 3 is 2.43 bits per heavy atom. The van der Waals surface area contributed by atoms with Crippen LogP contribution >= 0.6 is 45.2 Å². The second kappa shape index (κ2) is 8.19. The zero-order chi connectivity index (χ0) is 17.8. The molecule has 2 unspecified atom stereocenters. The summed E-state index contributed by atoms with van der Waals surface area (Å²) in [4.78, 5) is 33.8. The lowest BCUT2D eigenvalue weighted by atomic mass is 10.2. The van der Waals surface area contributed by atoms with Crippen LogP contribution in [0.3, 0.4) is 0 Å². The molecular weight excluding hydrogens is 536 g/mol. The number of methoxy groups -OCH3 is 1. The van der Waals surface area contributed by atoms with Crippen molar-refractivity contribution in [2.24, 2.45) is 0 Å². The van der Waals surface area contributed by atoms with E-state index in [1.165, 1.54) is 48.8 Å². The van der Waals surface area contributed by atoms with Gasteiger partial charge in [0.05, 0.1) is 17.6 Å². The maximum atomic E-state index is 11.8. The van der Waals surface area contributed by atoms with Gasteiger partial charge >= 0.3 is 11.7 Å². The van der Waals surface area contributed by atoms with Crippen molar-refractivity contribution in [1.82, 2.24) is 0 Å². The number of benzene rings is 1. The lowest BCUT2D eigenvalue weighted by molar-refractivity contribution is -0.386. The van der Waals surface area contributed by atoms with Crippen LogP contribution in [0.2, 0.25) is 0 Å². The largest absolute Gasteiger partial charge is 0.465 e. The minimum Gasteiger partial charge on any atom is -0.465 e. The fourth-order valence-electron chi connectivity index (χ4n) is 1.62. The second-order valence-corrected chi connectivity index (χ2v) is 7.15. The van der Waals surface area contributed by atoms with Gasteiger partial charge in [-0.05, 0) is 19.1 Å². The van der Waals surface area contributed by atoms with Crippen LogP contribution in [0.1, 0.15) is 24.2 Å². The third-order valence-electron chi connectivity index (χ3n) is 2.63. The molecule has 0 N–H and O–H groups in total. The first-order valence-electron chi connectivity index (χ1n) is 6.18. The first kappa shape index (κ1) is 20.0. The smallest absolute Gasteiger partial charge is 0.338 e. The number of rotatable bonds is 7. The summed E-state index contributed by atoms with van der Waals surface area (Å²) in [5, 5.41) is 11.2. The van der Waals surface area contributed by atoms with Gasteiger partial charge in [0.1, 0.15) is 4.11 Å². The summed E-state index contributed by atoms with van der Waals surface area (Å²) in [6.07, 6.45) is 0. The summed E-state index contributed by atoms with van der Waals surface area (Å²) in [5.74, 6) is -2.60. The fraction of sp³-hybridized carbons (Fsp3) is 0.385. The normalized spacial score (nSPS) is 14.5. The van der Waals surface area contributed by atoms with E-state index in [1.54, 1.807) is 6.92 Å². The molecule has 0 aromatic heterocycles. The fourth-order valence-corrected chi connectivity index (χ4v) is 2.34. The lowest BCUT2D eigenvalue weighted by Crippen LogP contribution is -2.43. The van der Waals surface area contributed by atoms with Gasteiger partial charge in [0, 0.05) is 35.6 Å². The van der Waals surface area contributed by atoms with E-state index >= 15 is 0 Å². The number of carbonyl (C=O) groups is 2. The zero-order valence-corrected chi connectivity index (χ0v) is 16.7. The molecular formula is C13H13I2NO7. The predicted molar refractivity (Wildman–Crippen MR) is 97.1 cm³/mol. The van der Waals surface area contributed by atoms with E-state index in [2.05, 4.69) is 4.74 Å². The van der Waals surface area contributed by atoms with Crippen LogP contribution in [-0.4, -0.2) is 31.7 Å². The zero-order valence-electron chi connectivity index (χ0n) is 12.4. The number of halogens is 2. The standard InChI is InChI=1S/C13H13I2NO7/c1-7(14)22-13(2,12(15)18)23-10-5-4-8(11(17)21-3)6-9(10)16(19)20/h4-7H,1-3H3. The highest BCUT2D eigenvalue weighted by Gasteiger charge is 2.38. The molecule has 0 saturated heterocycles. The molecule has 1 aromatic rings. The van der Waals surface area contributed by atoms with Gasteiger partial charge in [-0.1, -0.05) is 22.6 Å². The van der Waals surface area contributed by atoms with E-state index in [-0.39, 0.29) is 15.4 Å². The number of carbonyl (C=O) groups excluding carboxylic acids is 2. The second-order valence-electron chi connectivity index (χ2n) is 4.41. The van der Waals surface area contributed by atoms with Gasteiger partial charge in [-0.3, -0.25) is 14.9 Å². The molecule has 0 aliphatic rings. The van der Waals surface area contributed by atoms with Gasteiger partial charge in [0.15, 0.2) is 0 Å². The molecule has 0 aliphatic carbocycles. The van der Waals surface area contributed by atoms with Crippen LogP contribution in [0.4, 0.5) is 5.69 Å². The molecule has 8 nitrogen and oxygen atoms in total. The summed E-state index contributed by atoms with van der Waals surface area (Å²) < 4.78 is 14.6. The Morgan fingerprint density at radius 2 is 2.00 bits per heavy atom. The van der Waals surface area contributed by atoms with Crippen LogP contribution in [0.25, 0.3) is 0 Å². The number of hydrogen-bond acceptors (Lipinski definition) is 7. The topological polar surface area (TPSA) is 105 Å². The van der Waals surface area contributed by atoms with Gasteiger partial charge in [-0.2, -0.15) is 0 Å². The summed E-state index contributed by atoms with van der Waals surface area (Å²) in [5.41, 5.74) is -0.473. The molecule has 23 heavy (non-hydrogen) atoms. The number of nitro benzene ring substituents is 1. The number of hydrogen-bond donors (Lipinski definition) is 0. The van der Waals surface area contributed by atoms with Crippen molar-refractivity contribution in [3.05, 3.63) is 33.9 Å². The average Bonchev–Trinajstić information content (AvgIpc) is 2.45. The summed E-state index contributed by atoms with van der Waals surface area (Å²) in [6, 6.07) is 3.55. The number of alkyl halides is 1. The molecule has 0 aliphatic heterocycles. The van der Waals surface area contributed by atoms with Crippen molar-refractivity contribution in [3.8, 4) is 5.75 Å². The number of esters is 1. The Morgan fingerprint density at radius 1 is 1.39 bits per heavy atom. The van der Waals surface area contributed by atoms with Gasteiger partial charge in [0.25, 0.3) is 9.58 Å². The van der Waals surface area contributed by atoms with Gasteiger partial charge in [0.2, 0.25) is 5.75 Å². The SMILES string of the molecule is COC(=O)c1ccc(OC(C)(OC(C)I)C(=O)I)c([N+](=O)[O-])c1. The molecule has 0 spiro atoms. The van der Waals surface area contributed by atoms with Crippen LogP contribution in [-0.2, 0) is 14.3 Å². The Hall–Kier alpha value is -1.02. The molecule has 0 saturated carbocycles. The maximum absolute atomic E-state index is 11.8. The maximum Gasteiger partial charge on any atom is 0.338 e. The van der Waals surface area contributed by atoms with E-state index in [4.69, 9.17) is 9.47 Å². The van der Waals surface area contributed by atoms with Crippen molar-refractivity contribution >= 4 is 60.6 Å². The molecule has 0 radical (unpaired) electrons. The monoisotopic (exact) mass is 549 g/mol. The molecule has 1 rings (SSSR count). The first-order valence-corrected chi connectivity index (χ1v) is 8.50. The van der Waals surface area contributed by atoms with Gasteiger partial charge in [-0.15, -0.1) is 0 Å². The molecule has 0 heterocycles. The molecule has 0 bridgehead atoms. The van der Waals surface area contributed by atoms with E-state index in [9.17, 15) is 19.7 Å². The van der Waals surface area contributed by atoms with Gasteiger partial charge in [-0.25, -0.2) is 4.79 Å². The number of ether oxygens (including phenoxy) is 3. The van der Waals surface area contributed by atoms with Crippen molar-refractivity contribution < 1.29 is 28.7 Å². The molecule has 1 aromatic carbocycles. The summed E-state index contributed by atoms with van der Waals surface area (Å²) in [6.45, 7) is 3.06. The molecule has 126 valence electrons. The minimum atomic E-state index is -1.70. The van der Waals surface area contributed by atoms with E-state index in [1.807, 2.05) is 22.6 Å². The highest BCUT2D eigenvalue weighted by molar-refractivity contribution is 14.1. The Labute approximate surface area is 159 Å². The van der Waals surface area contributed by atoms with E-state index in [0.29, 0.717) is 0 Å². The molecule has 2 atom stereocenters. The lowest BCUT2D eigenvalue weighted by Gasteiger charge is -2.28. The Balaban J connectivity index is 3.28. The molecule has 0 fully saturated rings. The van der Waals surface area contributed by atoms with Crippen LogP contribution in [0.5, 0.6) is 5.75 Å². The first-order chi connectivity index (χ1) is 10.6. The van der Waals surface area contributed by atoms with Crippen LogP contribution < -0.4 is 4.74 Å². The predicted octanol–water partition coefficient (Wildman–Crippen LogP) is 3.24. The third-order valence-corrected chi connectivity index (χ3v) is 3.86. The van der Waals surface area contributed by atoms with Crippen LogP contribution in [0, 0.1) is 10.1 Å². The van der Waals surface area contributed by atoms with Crippen molar-refractivity contribution in [1.29, 1.82) is 0 Å². The number of nitro groups is 1. The van der Waals surface area contributed by atoms with Gasteiger partial charge < -0.3 is 14.2 Å².